The highest BCUT2D eigenvalue weighted by atomic mass is 79.9. The lowest BCUT2D eigenvalue weighted by atomic mass is 10.1. The number of hydrogen-bond acceptors (Lipinski definition) is 3. The molecule has 2 rings (SSSR count). The zero-order valence-electron chi connectivity index (χ0n) is 11.3. The minimum atomic E-state index is -0.132. The molecule has 20 heavy (non-hydrogen) atoms. The Morgan fingerprint density at radius 3 is 2.50 bits per heavy atom. The number of amides is 1. The minimum absolute atomic E-state index is 0.132. The normalized spacial score (nSPS) is 10.2. The molecule has 0 saturated carbocycles. The van der Waals surface area contributed by atoms with Gasteiger partial charge in [0.15, 0.2) is 0 Å². The summed E-state index contributed by atoms with van der Waals surface area (Å²) in [5, 5.41) is 2.93. The Bertz CT molecular complexity index is 656. The number of hydrazine groups is 1. The highest BCUT2D eigenvalue weighted by Crippen LogP contribution is 2.22. The van der Waals surface area contributed by atoms with Crippen LogP contribution in [0.2, 0.25) is 0 Å². The Balaban J connectivity index is 2.26. The van der Waals surface area contributed by atoms with Gasteiger partial charge in [-0.15, -0.1) is 0 Å². The van der Waals surface area contributed by atoms with Gasteiger partial charge in [-0.1, -0.05) is 22.0 Å². The van der Waals surface area contributed by atoms with Crippen LogP contribution in [0.4, 0.5) is 11.4 Å². The van der Waals surface area contributed by atoms with Crippen molar-refractivity contribution in [3.05, 3.63) is 57.6 Å². The molecule has 0 aliphatic rings. The van der Waals surface area contributed by atoms with Crippen LogP contribution in [0.3, 0.4) is 0 Å². The first kappa shape index (κ1) is 14.6. The van der Waals surface area contributed by atoms with E-state index < -0.39 is 0 Å². The van der Waals surface area contributed by atoms with Crippen LogP contribution in [-0.2, 0) is 0 Å². The molecule has 0 heterocycles. The summed E-state index contributed by atoms with van der Waals surface area (Å²) in [6.45, 7) is 3.83. The van der Waals surface area contributed by atoms with Crippen molar-refractivity contribution in [2.45, 2.75) is 13.8 Å². The van der Waals surface area contributed by atoms with Gasteiger partial charge in [-0.25, -0.2) is 0 Å². The van der Waals surface area contributed by atoms with Gasteiger partial charge in [0.1, 0.15) is 0 Å². The molecule has 104 valence electrons. The predicted molar refractivity (Wildman–Crippen MR) is 85.8 cm³/mol. The predicted octanol–water partition coefficient (Wildman–Crippen LogP) is 3.60. The van der Waals surface area contributed by atoms with Crippen molar-refractivity contribution >= 4 is 33.2 Å². The lowest BCUT2D eigenvalue weighted by molar-refractivity contribution is 0.102. The molecule has 0 aliphatic heterocycles. The Labute approximate surface area is 126 Å². The first-order valence-electron chi connectivity index (χ1n) is 6.16. The average molecular weight is 334 g/mol. The van der Waals surface area contributed by atoms with Crippen molar-refractivity contribution in [2.75, 3.05) is 10.7 Å². The summed E-state index contributed by atoms with van der Waals surface area (Å²) in [6.07, 6.45) is 0. The first-order valence-corrected chi connectivity index (χ1v) is 6.95. The maximum atomic E-state index is 12.3. The Morgan fingerprint density at radius 2 is 1.85 bits per heavy atom. The number of nitrogens with two attached hydrogens (primary N) is 1. The second-order valence-electron chi connectivity index (χ2n) is 4.59. The molecule has 4 nitrogen and oxygen atoms in total. The summed E-state index contributed by atoms with van der Waals surface area (Å²) in [6, 6.07) is 11.1. The summed E-state index contributed by atoms with van der Waals surface area (Å²) < 4.78 is 0.929. The van der Waals surface area contributed by atoms with E-state index in [9.17, 15) is 4.79 Å². The molecule has 0 fully saturated rings. The van der Waals surface area contributed by atoms with Crippen molar-refractivity contribution in [2.24, 2.45) is 5.84 Å². The van der Waals surface area contributed by atoms with Crippen LogP contribution in [0, 0.1) is 13.8 Å². The topological polar surface area (TPSA) is 67.2 Å². The summed E-state index contributed by atoms with van der Waals surface area (Å²) >= 11 is 3.40. The van der Waals surface area contributed by atoms with Crippen LogP contribution in [0.5, 0.6) is 0 Å². The number of nitrogen functional groups attached to an aromatic ring is 1. The molecule has 0 unspecified atom stereocenters. The van der Waals surface area contributed by atoms with Crippen LogP contribution < -0.4 is 16.6 Å². The summed E-state index contributed by atoms with van der Waals surface area (Å²) in [5.41, 5.74) is 6.64. The number of halogens is 1. The number of carbonyl (C=O) groups is 1. The van der Waals surface area contributed by atoms with Gasteiger partial charge in [0, 0.05) is 21.4 Å². The molecular formula is C15H16BrN3O. The van der Waals surface area contributed by atoms with Crippen LogP contribution in [0.1, 0.15) is 21.5 Å². The highest BCUT2D eigenvalue weighted by Gasteiger charge is 2.11. The number of anilines is 2. The zero-order valence-corrected chi connectivity index (χ0v) is 12.9. The molecule has 0 radical (unpaired) electrons. The maximum Gasteiger partial charge on any atom is 0.255 e. The lowest BCUT2D eigenvalue weighted by Crippen LogP contribution is -2.15. The molecule has 4 N–H and O–H groups in total. The van der Waals surface area contributed by atoms with Crippen LogP contribution in [0.15, 0.2) is 40.9 Å². The third-order valence-electron chi connectivity index (χ3n) is 3.09. The largest absolute Gasteiger partial charge is 0.324 e. The number of benzene rings is 2. The smallest absolute Gasteiger partial charge is 0.255 e. The Hall–Kier alpha value is -1.85. The standard InChI is InChI=1S/C15H16BrN3O/c1-9-3-4-11(16)8-14(9)18-15(20)13-6-5-12(19-17)7-10(13)2/h3-8,19H,17H2,1-2H3,(H,18,20). The van der Waals surface area contributed by atoms with Gasteiger partial charge in [-0.05, 0) is 55.3 Å². The van der Waals surface area contributed by atoms with Crippen molar-refractivity contribution in [1.82, 2.24) is 0 Å². The number of rotatable bonds is 3. The second-order valence-corrected chi connectivity index (χ2v) is 5.50. The van der Waals surface area contributed by atoms with Crippen molar-refractivity contribution in [1.29, 1.82) is 0 Å². The van der Waals surface area contributed by atoms with E-state index in [0.29, 0.717) is 5.56 Å². The van der Waals surface area contributed by atoms with E-state index in [1.165, 1.54) is 0 Å². The molecule has 0 bridgehead atoms. The molecule has 5 heteroatoms. The molecule has 2 aromatic carbocycles. The molecule has 2 aromatic rings. The van der Waals surface area contributed by atoms with Gasteiger partial charge in [0.05, 0.1) is 0 Å². The van der Waals surface area contributed by atoms with Crippen molar-refractivity contribution < 1.29 is 4.79 Å². The summed E-state index contributed by atoms with van der Waals surface area (Å²) in [7, 11) is 0. The van der Waals surface area contributed by atoms with Gasteiger partial charge < -0.3 is 10.7 Å². The molecule has 0 spiro atoms. The maximum absolute atomic E-state index is 12.3. The zero-order chi connectivity index (χ0) is 14.7. The van der Waals surface area contributed by atoms with E-state index in [2.05, 4.69) is 26.7 Å². The lowest BCUT2D eigenvalue weighted by Gasteiger charge is -2.11. The molecule has 0 atom stereocenters. The number of nitrogens with one attached hydrogen (secondary N) is 2. The third kappa shape index (κ3) is 3.18. The monoisotopic (exact) mass is 333 g/mol. The number of carbonyl (C=O) groups excluding carboxylic acids is 1. The summed E-state index contributed by atoms with van der Waals surface area (Å²) in [4.78, 5) is 12.3. The van der Waals surface area contributed by atoms with Crippen LogP contribution >= 0.6 is 15.9 Å². The van der Waals surface area contributed by atoms with E-state index in [4.69, 9.17) is 5.84 Å². The Morgan fingerprint density at radius 1 is 1.10 bits per heavy atom. The second kappa shape index (κ2) is 6.07. The van der Waals surface area contributed by atoms with E-state index in [0.717, 1.165) is 27.0 Å². The van der Waals surface area contributed by atoms with Crippen molar-refractivity contribution in [3.63, 3.8) is 0 Å². The minimum Gasteiger partial charge on any atom is -0.324 e. The van der Waals surface area contributed by atoms with E-state index in [1.54, 1.807) is 12.1 Å². The quantitative estimate of drug-likeness (QED) is 0.593. The van der Waals surface area contributed by atoms with Gasteiger partial charge in [-0.3, -0.25) is 10.6 Å². The summed E-state index contributed by atoms with van der Waals surface area (Å²) in [5.74, 6) is 5.22. The third-order valence-corrected chi connectivity index (χ3v) is 3.58. The van der Waals surface area contributed by atoms with Crippen LogP contribution in [-0.4, -0.2) is 5.91 Å². The van der Waals surface area contributed by atoms with E-state index in [1.807, 2.05) is 38.1 Å². The van der Waals surface area contributed by atoms with Gasteiger partial charge in [-0.2, -0.15) is 0 Å². The fourth-order valence-electron chi connectivity index (χ4n) is 1.93. The molecule has 0 aromatic heterocycles. The fraction of sp³-hybridized carbons (Fsp3) is 0.133. The van der Waals surface area contributed by atoms with Crippen LogP contribution in [0.25, 0.3) is 0 Å². The van der Waals surface area contributed by atoms with Gasteiger partial charge in [0.2, 0.25) is 0 Å². The van der Waals surface area contributed by atoms with Gasteiger partial charge in [0.25, 0.3) is 5.91 Å². The molecule has 0 saturated heterocycles. The molecule has 1 amide bonds. The van der Waals surface area contributed by atoms with E-state index >= 15 is 0 Å². The van der Waals surface area contributed by atoms with Crippen molar-refractivity contribution in [3.8, 4) is 0 Å². The average Bonchev–Trinajstić information content (AvgIpc) is 2.42. The Kier molecular flexibility index (Phi) is 4.42. The highest BCUT2D eigenvalue weighted by molar-refractivity contribution is 9.10. The SMILES string of the molecule is Cc1ccc(Br)cc1NC(=O)c1ccc(NN)cc1C. The number of hydrogen-bond donors (Lipinski definition) is 3. The fourth-order valence-corrected chi connectivity index (χ4v) is 2.29. The molecule has 0 aliphatic carbocycles. The van der Waals surface area contributed by atoms with Gasteiger partial charge >= 0.3 is 0 Å². The first-order chi connectivity index (χ1) is 9.51. The number of aryl methyl sites for hydroxylation is 2. The van der Waals surface area contributed by atoms with E-state index in [-0.39, 0.29) is 5.91 Å². The molecular weight excluding hydrogens is 318 g/mol.